The number of hydrogen-bond acceptors (Lipinski definition) is 28. The average molecular weight is 1210 g/mol. The Morgan fingerprint density at radius 1 is 0.262 bits per heavy atom. The van der Waals surface area contributed by atoms with Crippen molar-refractivity contribution in [2.75, 3.05) is 261 Å². The normalized spacial score (nSPS) is 11.1. The minimum atomic E-state index is -0.795. The van der Waals surface area contributed by atoms with Gasteiger partial charge in [-0.25, -0.2) is 19.9 Å². The first kappa shape index (κ1) is 76.6. The lowest BCUT2D eigenvalue weighted by molar-refractivity contribution is 0.00367. The van der Waals surface area contributed by atoms with Gasteiger partial charge in [0.1, 0.15) is 0 Å². The molecule has 32 heteroatoms. The van der Waals surface area contributed by atoms with E-state index in [9.17, 15) is 19.2 Å². The quantitative estimate of drug-likeness (QED) is 0.0381. The van der Waals surface area contributed by atoms with E-state index in [0.717, 1.165) is 0 Å². The van der Waals surface area contributed by atoms with E-state index in [-0.39, 0.29) is 46.0 Å². The molecule has 2 aromatic heterocycles. The molecule has 0 radical (unpaired) electrons. The zero-order valence-electron chi connectivity index (χ0n) is 49.7. The summed E-state index contributed by atoms with van der Waals surface area (Å²) in [4.78, 5) is 64.9. The van der Waals surface area contributed by atoms with E-state index in [1.807, 2.05) is 0 Å². The molecule has 484 valence electrons. The first-order valence-corrected chi connectivity index (χ1v) is 27.9. The summed E-state index contributed by atoms with van der Waals surface area (Å²) in [5.41, 5.74) is 21.6. The zero-order chi connectivity index (χ0) is 61.4. The molecule has 0 unspecified atom stereocenters. The van der Waals surface area contributed by atoms with Crippen molar-refractivity contribution in [3.63, 3.8) is 0 Å². The highest BCUT2D eigenvalue weighted by molar-refractivity contribution is 6.01. The van der Waals surface area contributed by atoms with Gasteiger partial charge in [-0.15, -0.1) is 0 Å². The zero-order valence-corrected chi connectivity index (χ0v) is 49.7. The van der Waals surface area contributed by atoms with E-state index in [4.69, 9.17) is 98.7 Å². The Hall–Kier alpha value is -5.40. The predicted molar refractivity (Wildman–Crippen MR) is 308 cm³/mol. The fourth-order valence-corrected chi connectivity index (χ4v) is 6.31. The van der Waals surface area contributed by atoms with E-state index in [2.05, 4.69) is 41.2 Å². The average Bonchev–Trinajstić information content (AvgIpc) is 2.50. The number of hydrogen-bond donors (Lipinski definition) is 8. The number of nitrogens with two attached hydrogens (primary N) is 4. The number of nitrogens with zero attached hydrogens (tertiary/aromatic N) is 4. The number of nitrogens with one attached hydrogen (secondary N) is 4. The van der Waals surface area contributed by atoms with E-state index in [0.29, 0.717) is 237 Å². The maximum Gasteiger partial charge on any atom is 0.271 e. The number of rotatable bonds is 60. The van der Waals surface area contributed by atoms with E-state index in [1.54, 1.807) is 28.4 Å². The highest BCUT2D eigenvalue weighted by atomic mass is 16.6. The molecule has 0 aliphatic rings. The van der Waals surface area contributed by atoms with Crippen molar-refractivity contribution in [2.24, 2.45) is 22.9 Å². The summed E-state index contributed by atoms with van der Waals surface area (Å²) in [5.74, 6) is -2.88. The van der Waals surface area contributed by atoms with Gasteiger partial charge in [-0.2, -0.15) is 0 Å². The van der Waals surface area contributed by atoms with Gasteiger partial charge in [-0.1, -0.05) is 0 Å². The van der Waals surface area contributed by atoms with Crippen LogP contribution in [0, 0.1) is 0 Å². The van der Waals surface area contributed by atoms with Crippen LogP contribution in [0.2, 0.25) is 0 Å². The molecule has 12 N–H and O–H groups in total. The lowest BCUT2D eigenvalue weighted by Crippen LogP contribution is -2.25. The molecule has 0 bridgehead atoms. The maximum atomic E-state index is 12.0. The topological polar surface area (TPSA) is 420 Å². The molecule has 0 aliphatic heterocycles. The number of primary amides is 4. The minimum absolute atomic E-state index is 0.0751. The molecule has 84 heavy (non-hydrogen) atoms. The molecule has 32 nitrogen and oxygen atoms in total. The summed E-state index contributed by atoms with van der Waals surface area (Å²) in [6, 6.07) is 0. The summed E-state index contributed by atoms with van der Waals surface area (Å²) < 4.78 is 84.5. The molecule has 0 saturated heterocycles. The van der Waals surface area contributed by atoms with Crippen LogP contribution in [-0.4, -0.2) is 283 Å². The van der Waals surface area contributed by atoms with Gasteiger partial charge in [-0.3, -0.25) is 19.2 Å². The number of ether oxygens (including phenoxy) is 16. The molecule has 0 spiro atoms. The Bertz CT molecular complexity index is 1700. The monoisotopic (exact) mass is 1210 g/mol. The van der Waals surface area contributed by atoms with Crippen LogP contribution < -0.4 is 44.2 Å². The van der Waals surface area contributed by atoms with Gasteiger partial charge >= 0.3 is 0 Å². The van der Waals surface area contributed by atoms with Crippen LogP contribution in [0.25, 0.3) is 0 Å². The second-order valence-electron chi connectivity index (χ2n) is 17.1. The fraction of sp³-hybridized carbons (Fsp3) is 0.769. The smallest absolute Gasteiger partial charge is 0.271 e. The predicted octanol–water partition coefficient (Wildman–Crippen LogP) is -0.658. The third-order valence-electron chi connectivity index (χ3n) is 10.5. The van der Waals surface area contributed by atoms with Crippen molar-refractivity contribution >= 4 is 46.9 Å². The Morgan fingerprint density at radius 3 is 0.548 bits per heavy atom. The number of aromatic nitrogens is 4. The van der Waals surface area contributed by atoms with Gasteiger partial charge in [0.05, 0.1) is 159 Å². The fourth-order valence-electron chi connectivity index (χ4n) is 6.31. The van der Waals surface area contributed by atoms with E-state index in [1.165, 1.54) is 0 Å². The van der Waals surface area contributed by atoms with Gasteiger partial charge in [0.15, 0.2) is 46.0 Å². The summed E-state index contributed by atoms with van der Waals surface area (Å²) in [7, 11) is 6.48. The van der Waals surface area contributed by atoms with Crippen LogP contribution in [0.5, 0.6) is 0 Å². The van der Waals surface area contributed by atoms with Crippen LogP contribution in [-0.2, 0) is 75.8 Å². The standard InChI is InChI=1S/2C26H48N6O10/c2*1-35-9-11-39-17-19-41-15-13-37-7-3-5-29-25-21(23(27)33)32-26(22(31-25)24(28)34)30-6-4-8-38-14-16-42-20-18-40-12-10-36-2/h2*3-20H2,1-2H3,(H2,27,33)(H2,28,34)(H,29,31)(H,30,32). The lowest BCUT2D eigenvalue weighted by Gasteiger charge is -2.14. The Balaban J connectivity index is 0.000000840. The van der Waals surface area contributed by atoms with E-state index >= 15 is 0 Å². The third-order valence-corrected chi connectivity index (χ3v) is 10.5. The molecule has 2 aromatic rings. The highest BCUT2D eigenvalue weighted by Gasteiger charge is 2.22. The minimum Gasteiger partial charge on any atom is -0.382 e. The number of carbonyl (C=O) groups excluding carboxylic acids is 4. The van der Waals surface area contributed by atoms with Crippen molar-refractivity contribution in [2.45, 2.75) is 25.7 Å². The van der Waals surface area contributed by atoms with Gasteiger partial charge in [0.25, 0.3) is 23.6 Å². The third kappa shape index (κ3) is 41.6. The van der Waals surface area contributed by atoms with Gasteiger partial charge < -0.3 is 120 Å². The van der Waals surface area contributed by atoms with Crippen LogP contribution in [0.15, 0.2) is 0 Å². The summed E-state index contributed by atoms with van der Waals surface area (Å²) in [6.45, 7) is 15.1. The van der Waals surface area contributed by atoms with Gasteiger partial charge in [0, 0.05) is 81.0 Å². The van der Waals surface area contributed by atoms with Crippen molar-refractivity contribution < 1.29 is 95.0 Å². The second-order valence-corrected chi connectivity index (χ2v) is 17.1. The SMILES string of the molecule is COCCOCCOCCOCCCNc1nc(C(N)=O)c(NCCCOCCOCCOCCOC)nc1C(N)=O.COCCOCCOCCOCCCNc1nc(C(N)=O)c(NCCCOCCOCCOCCOC)nc1C(N)=O. The van der Waals surface area contributed by atoms with E-state index < -0.39 is 23.6 Å². The first-order chi connectivity index (χ1) is 41.0. The molecule has 0 atom stereocenters. The van der Waals surface area contributed by atoms with Crippen molar-refractivity contribution in [1.82, 2.24) is 19.9 Å². The summed E-state index contributed by atoms with van der Waals surface area (Å²) in [6.07, 6.45) is 2.39. The molecule has 2 heterocycles. The van der Waals surface area contributed by atoms with Crippen molar-refractivity contribution in [3.8, 4) is 0 Å². The van der Waals surface area contributed by atoms with Crippen LogP contribution in [0.1, 0.15) is 67.6 Å². The highest BCUT2D eigenvalue weighted by Crippen LogP contribution is 2.19. The number of amides is 4. The summed E-state index contributed by atoms with van der Waals surface area (Å²) >= 11 is 0. The number of carbonyl (C=O) groups is 4. The molecule has 0 fully saturated rings. The molecule has 4 amide bonds. The van der Waals surface area contributed by atoms with Crippen LogP contribution in [0.3, 0.4) is 0 Å². The molecular formula is C52H96N12O20. The lowest BCUT2D eigenvalue weighted by atomic mass is 10.3. The van der Waals surface area contributed by atoms with Gasteiger partial charge in [-0.05, 0) is 25.7 Å². The molecule has 0 saturated carbocycles. The molecule has 2 rings (SSSR count). The maximum absolute atomic E-state index is 12.0. The Labute approximate surface area is 492 Å². The Kier molecular flexibility index (Phi) is 50.6. The second kappa shape index (κ2) is 55.5. The van der Waals surface area contributed by atoms with Crippen LogP contribution in [0.4, 0.5) is 23.3 Å². The van der Waals surface area contributed by atoms with Gasteiger partial charge in [0.2, 0.25) is 0 Å². The number of anilines is 4. The first-order valence-electron chi connectivity index (χ1n) is 27.9. The summed E-state index contributed by atoms with van der Waals surface area (Å²) in [5, 5.41) is 11.9. The number of methoxy groups -OCH3 is 4. The molecule has 0 aromatic carbocycles. The van der Waals surface area contributed by atoms with Crippen LogP contribution >= 0.6 is 0 Å². The van der Waals surface area contributed by atoms with Crippen molar-refractivity contribution in [1.29, 1.82) is 0 Å². The Morgan fingerprint density at radius 2 is 0.405 bits per heavy atom. The molecular weight excluding hydrogens is 1110 g/mol. The molecule has 0 aliphatic carbocycles. The largest absolute Gasteiger partial charge is 0.382 e. The van der Waals surface area contributed by atoms with Crippen molar-refractivity contribution in [3.05, 3.63) is 22.8 Å².